The SMILES string of the molecule is O=c1[nH]ccn1-c1ccc(NC2CCS(=O)(=O)CC2)cc1. The minimum absolute atomic E-state index is 0.173. The number of nitrogens with zero attached hydrogens (tertiary/aromatic N) is 1. The van der Waals surface area contributed by atoms with Crippen LogP contribution in [0.3, 0.4) is 0 Å². The van der Waals surface area contributed by atoms with Crippen molar-refractivity contribution in [3.8, 4) is 5.69 Å². The third-order valence-electron chi connectivity index (χ3n) is 3.72. The lowest BCUT2D eigenvalue weighted by atomic mass is 10.1. The highest BCUT2D eigenvalue weighted by atomic mass is 32.2. The summed E-state index contributed by atoms with van der Waals surface area (Å²) in [5, 5.41) is 3.35. The van der Waals surface area contributed by atoms with Gasteiger partial charge in [-0.1, -0.05) is 0 Å². The number of H-pyrrole nitrogens is 1. The Morgan fingerprint density at radius 1 is 1.14 bits per heavy atom. The molecule has 0 bridgehead atoms. The highest BCUT2D eigenvalue weighted by Gasteiger charge is 2.23. The van der Waals surface area contributed by atoms with E-state index in [2.05, 4.69) is 10.3 Å². The molecule has 1 aromatic heterocycles. The summed E-state index contributed by atoms with van der Waals surface area (Å²) in [5.41, 5.74) is 1.55. The number of hydrogen-bond acceptors (Lipinski definition) is 4. The lowest BCUT2D eigenvalue weighted by molar-refractivity contribution is 0.559. The number of imidazole rings is 1. The van der Waals surface area contributed by atoms with Gasteiger partial charge < -0.3 is 10.3 Å². The second-order valence-corrected chi connectivity index (χ2v) is 7.56. The first-order valence-electron chi connectivity index (χ1n) is 6.87. The molecule has 1 fully saturated rings. The number of aromatic amines is 1. The van der Waals surface area contributed by atoms with Gasteiger partial charge in [0.05, 0.1) is 17.2 Å². The standard InChI is InChI=1S/C14H17N3O3S/c18-14-15-7-8-17(14)13-3-1-11(2-4-13)16-12-5-9-21(19,20)10-6-12/h1-4,7-8,12,16H,5-6,9-10H2,(H,15,18). The number of nitrogens with one attached hydrogen (secondary N) is 2. The van der Waals surface area contributed by atoms with Crippen molar-refractivity contribution in [3.05, 3.63) is 47.1 Å². The Morgan fingerprint density at radius 3 is 2.38 bits per heavy atom. The van der Waals surface area contributed by atoms with E-state index in [4.69, 9.17) is 0 Å². The Labute approximate surface area is 122 Å². The first kappa shape index (κ1) is 13.9. The highest BCUT2D eigenvalue weighted by Crippen LogP contribution is 2.19. The molecule has 0 radical (unpaired) electrons. The van der Waals surface area contributed by atoms with Crippen LogP contribution in [0.25, 0.3) is 5.69 Å². The van der Waals surface area contributed by atoms with E-state index >= 15 is 0 Å². The first-order chi connectivity index (χ1) is 10.0. The zero-order valence-corrected chi connectivity index (χ0v) is 12.3. The smallest absolute Gasteiger partial charge is 0.330 e. The van der Waals surface area contributed by atoms with E-state index in [1.807, 2.05) is 24.3 Å². The van der Waals surface area contributed by atoms with Gasteiger partial charge >= 0.3 is 5.69 Å². The molecule has 2 N–H and O–H groups in total. The van der Waals surface area contributed by atoms with E-state index < -0.39 is 9.84 Å². The number of benzene rings is 1. The molecule has 3 rings (SSSR count). The van der Waals surface area contributed by atoms with Gasteiger partial charge in [0.1, 0.15) is 9.84 Å². The van der Waals surface area contributed by atoms with E-state index in [1.54, 1.807) is 12.4 Å². The summed E-state index contributed by atoms with van der Waals surface area (Å²) in [6.07, 6.45) is 4.55. The van der Waals surface area contributed by atoms with Gasteiger partial charge in [-0.15, -0.1) is 0 Å². The Bertz CT molecular complexity index is 760. The van der Waals surface area contributed by atoms with Crippen LogP contribution < -0.4 is 11.0 Å². The molecule has 2 heterocycles. The predicted molar refractivity (Wildman–Crippen MR) is 81.7 cm³/mol. The summed E-state index contributed by atoms with van der Waals surface area (Å²) in [5.74, 6) is 0.503. The fraction of sp³-hybridized carbons (Fsp3) is 0.357. The Morgan fingerprint density at radius 2 is 1.81 bits per heavy atom. The summed E-state index contributed by atoms with van der Waals surface area (Å²) < 4.78 is 24.3. The number of sulfone groups is 1. The zero-order valence-electron chi connectivity index (χ0n) is 11.5. The van der Waals surface area contributed by atoms with Crippen molar-refractivity contribution in [3.63, 3.8) is 0 Å². The van der Waals surface area contributed by atoms with Gasteiger partial charge in [-0.05, 0) is 37.1 Å². The summed E-state index contributed by atoms with van der Waals surface area (Å²) in [7, 11) is -2.83. The molecule has 6 nitrogen and oxygen atoms in total. The van der Waals surface area contributed by atoms with E-state index in [-0.39, 0.29) is 23.2 Å². The molecule has 1 aliphatic rings. The largest absolute Gasteiger partial charge is 0.382 e. The predicted octanol–water partition coefficient (Wildman–Crippen LogP) is 1.15. The molecule has 0 amide bonds. The summed E-state index contributed by atoms with van der Waals surface area (Å²) in [6, 6.07) is 7.71. The Hall–Kier alpha value is -2.02. The molecule has 0 saturated carbocycles. The van der Waals surface area contributed by atoms with Crippen LogP contribution in [0.1, 0.15) is 12.8 Å². The molecular formula is C14H17N3O3S. The second kappa shape index (κ2) is 5.40. The minimum atomic E-state index is -2.83. The molecule has 1 saturated heterocycles. The van der Waals surface area contributed by atoms with Crippen LogP contribution in [0.4, 0.5) is 5.69 Å². The monoisotopic (exact) mass is 307 g/mol. The molecule has 1 aromatic carbocycles. The normalized spacial score (nSPS) is 18.5. The number of anilines is 1. The maximum atomic E-state index is 11.5. The van der Waals surface area contributed by atoms with Gasteiger partial charge in [0, 0.05) is 24.1 Å². The van der Waals surface area contributed by atoms with E-state index in [0.29, 0.717) is 12.8 Å². The van der Waals surface area contributed by atoms with Crippen molar-refractivity contribution in [2.75, 3.05) is 16.8 Å². The van der Waals surface area contributed by atoms with Crippen molar-refractivity contribution in [1.29, 1.82) is 0 Å². The second-order valence-electron chi connectivity index (χ2n) is 5.25. The number of aromatic nitrogens is 2. The summed E-state index contributed by atoms with van der Waals surface area (Å²) in [6.45, 7) is 0. The van der Waals surface area contributed by atoms with E-state index in [1.165, 1.54) is 4.57 Å². The molecule has 7 heteroatoms. The van der Waals surface area contributed by atoms with Crippen LogP contribution >= 0.6 is 0 Å². The fourth-order valence-corrected chi connectivity index (χ4v) is 4.00. The van der Waals surface area contributed by atoms with E-state index in [9.17, 15) is 13.2 Å². The van der Waals surface area contributed by atoms with Crippen LogP contribution in [0.15, 0.2) is 41.5 Å². The van der Waals surface area contributed by atoms with Gasteiger partial charge in [-0.3, -0.25) is 4.57 Å². The average molecular weight is 307 g/mol. The Kier molecular flexibility index (Phi) is 3.59. The highest BCUT2D eigenvalue weighted by molar-refractivity contribution is 7.91. The first-order valence-corrected chi connectivity index (χ1v) is 8.69. The van der Waals surface area contributed by atoms with Gasteiger partial charge in [0.15, 0.2) is 0 Å². The third-order valence-corrected chi connectivity index (χ3v) is 5.44. The minimum Gasteiger partial charge on any atom is -0.382 e. The van der Waals surface area contributed by atoms with Crippen molar-refractivity contribution in [2.24, 2.45) is 0 Å². The van der Waals surface area contributed by atoms with Crippen molar-refractivity contribution in [1.82, 2.24) is 9.55 Å². The molecule has 0 spiro atoms. The molecule has 0 atom stereocenters. The lowest BCUT2D eigenvalue weighted by Crippen LogP contribution is -2.32. The number of rotatable bonds is 3. The summed E-state index contributed by atoms with van der Waals surface area (Å²) in [4.78, 5) is 14.1. The van der Waals surface area contributed by atoms with Gasteiger partial charge in [0.25, 0.3) is 0 Å². The molecule has 2 aromatic rings. The topological polar surface area (TPSA) is 84.0 Å². The van der Waals surface area contributed by atoms with Crippen LogP contribution in [-0.2, 0) is 9.84 Å². The van der Waals surface area contributed by atoms with Gasteiger partial charge in [-0.25, -0.2) is 13.2 Å². The third kappa shape index (κ3) is 3.18. The molecule has 0 unspecified atom stereocenters. The Balaban J connectivity index is 1.68. The van der Waals surface area contributed by atoms with Crippen LogP contribution in [0, 0.1) is 0 Å². The van der Waals surface area contributed by atoms with Crippen LogP contribution in [-0.4, -0.2) is 35.5 Å². The zero-order chi connectivity index (χ0) is 14.9. The van der Waals surface area contributed by atoms with Gasteiger partial charge in [-0.2, -0.15) is 0 Å². The maximum Gasteiger partial charge on any atom is 0.330 e. The maximum absolute atomic E-state index is 11.5. The van der Waals surface area contributed by atoms with Crippen LogP contribution in [0.5, 0.6) is 0 Å². The average Bonchev–Trinajstić information content (AvgIpc) is 2.88. The molecule has 21 heavy (non-hydrogen) atoms. The van der Waals surface area contributed by atoms with Crippen molar-refractivity contribution in [2.45, 2.75) is 18.9 Å². The summed E-state index contributed by atoms with van der Waals surface area (Å²) >= 11 is 0. The van der Waals surface area contributed by atoms with E-state index in [0.717, 1.165) is 11.4 Å². The molecule has 112 valence electrons. The fourth-order valence-electron chi connectivity index (χ4n) is 2.51. The van der Waals surface area contributed by atoms with Crippen LogP contribution in [0.2, 0.25) is 0 Å². The lowest BCUT2D eigenvalue weighted by Gasteiger charge is -2.24. The van der Waals surface area contributed by atoms with Crippen molar-refractivity contribution < 1.29 is 8.42 Å². The van der Waals surface area contributed by atoms with Crippen molar-refractivity contribution >= 4 is 15.5 Å². The molecule has 1 aliphatic heterocycles. The molecular weight excluding hydrogens is 290 g/mol. The quantitative estimate of drug-likeness (QED) is 0.891. The molecule has 0 aliphatic carbocycles. The van der Waals surface area contributed by atoms with Gasteiger partial charge in [0.2, 0.25) is 0 Å². The number of hydrogen-bond donors (Lipinski definition) is 2.